The van der Waals surface area contributed by atoms with Crippen molar-refractivity contribution in [3.8, 4) is 5.75 Å². The van der Waals surface area contributed by atoms with Crippen LogP contribution in [0.25, 0.3) is 0 Å². The van der Waals surface area contributed by atoms with Gasteiger partial charge in [-0.05, 0) is 48.9 Å². The van der Waals surface area contributed by atoms with Gasteiger partial charge in [0.15, 0.2) is 12.4 Å². The van der Waals surface area contributed by atoms with Crippen molar-refractivity contribution in [3.05, 3.63) is 41.0 Å². The highest BCUT2D eigenvalue weighted by Crippen LogP contribution is 2.38. The maximum atomic E-state index is 9.77. The first kappa shape index (κ1) is 11.9. The standard InChI is InChI=1S/C15H16N2O3/c18-13-6-3-10-7-11(4-5-12(10)13)19-8-14-16-15(17-20-14)9-1-2-9/h4-5,7,9,13,18H,1-3,6,8H2/t13-/m1/s1. The van der Waals surface area contributed by atoms with Crippen molar-refractivity contribution in [3.63, 3.8) is 0 Å². The molecule has 5 nitrogen and oxygen atoms in total. The van der Waals surface area contributed by atoms with Gasteiger partial charge in [0.1, 0.15) is 5.75 Å². The van der Waals surface area contributed by atoms with E-state index < -0.39 is 0 Å². The summed E-state index contributed by atoms with van der Waals surface area (Å²) in [7, 11) is 0. The largest absolute Gasteiger partial charge is 0.484 e. The highest BCUT2D eigenvalue weighted by molar-refractivity contribution is 5.39. The molecule has 0 unspecified atom stereocenters. The van der Waals surface area contributed by atoms with Crippen LogP contribution in [0.15, 0.2) is 22.7 Å². The Labute approximate surface area is 116 Å². The molecule has 2 aliphatic carbocycles. The van der Waals surface area contributed by atoms with Crippen LogP contribution < -0.4 is 4.74 Å². The highest BCUT2D eigenvalue weighted by Gasteiger charge is 2.28. The van der Waals surface area contributed by atoms with Crippen LogP contribution in [0.4, 0.5) is 0 Å². The van der Waals surface area contributed by atoms with Crippen LogP contribution >= 0.6 is 0 Å². The Morgan fingerprint density at radius 1 is 1.30 bits per heavy atom. The van der Waals surface area contributed by atoms with Crippen molar-refractivity contribution >= 4 is 0 Å². The number of aromatic nitrogens is 2. The molecule has 104 valence electrons. The molecule has 0 aliphatic heterocycles. The summed E-state index contributed by atoms with van der Waals surface area (Å²) in [5.41, 5.74) is 2.19. The minimum Gasteiger partial charge on any atom is -0.484 e. The summed E-state index contributed by atoms with van der Waals surface area (Å²) in [5.74, 6) is 2.60. The minimum atomic E-state index is -0.323. The molecule has 1 saturated carbocycles. The van der Waals surface area contributed by atoms with Gasteiger partial charge in [0.2, 0.25) is 0 Å². The molecule has 1 fully saturated rings. The number of hydrogen-bond donors (Lipinski definition) is 1. The number of benzene rings is 1. The number of fused-ring (bicyclic) bond motifs is 1. The van der Waals surface area contributed by atoms with Gasteiger partial charge < -0.3 is 14.4 Å². The van der Waals surface area contributed by atoms with E-state index in [1.165, 1.54) is 5.56 Å². The molecule has 5 heteroatoms. The Morgan fingerprint density at radius 2 is 2.20 bits per heavy atom. The van der Waals surface area contributed by atoms with Gasteiger partial charge in [-0.25, -0.2) is 0 Å². The van der Waals surface area contributed by atoms with Crippen LogP contribution in [0.3, 0.4) is 0 Å². The fraction of sp³-hybridized carbons (Fsp3) is 0.467. The summed E-state index contributed by atoms with van der Waals surface area (Å²) in [5, 5.41) is 13.7. The molecular weight excluding hydrogens is 256 g/mol. The number of nitrogens with zero attached hydrogens (tertiary/aromatic N) is 2. The topological polar surface area (TPSA) is 68.4 Å². The molecule has 0 spiro atoms. The summed E-state index contributed by atoms with van der Waals surface area (Å²) in [4.78, 5) is 4.33. The van der Waals surface area contributed by atoms with Gasteiger partial charge >= 0.3 is 0 Å². The van der Waals surface area contributed by atoms with E-state index in [1.54, 1.807) is 0 Å². The Hall–Kier alpha value is -1.88. The van der Waals surface area contributed by atoms with E-state index in [-0.39, 0.29) is 6.10 Å². The maximum Gasteiger partial charge on any atom is 0.264 e. The quantitative estimate of drug-likeness (QED) is 0.926. The average molecular weight is 272 g/mol. The van der Waals surface area contributed by atoms with Crippen molar-refractivity contribution in [2.45, 2.75) is 44.3 Å². The molecule has 0 radical (unpaired) electrons. The lowest BCUT2D eigenvalue weighted by Crippen LogP contribution is -1.97. The average Bonchev–Trinajstić information content (AvgIpc) is 3.10. The smallest absolute Gasteiger partial charge is 0.264 e. The monoisotopic (exact) mass is 272 g/mol. The SMILES string of the molecule is O[C@@H]1CCc2cc(OCc3nc(C4CC4)no3)ccc21. The van der Waals surface area contributed by atoms with E-state index in [2.05, 4.69) is 10.1 Å². The molecule has 1 aromatic heterocycles. The van der Waals surface area contributed by atoms with Gasteiger partial charge in [0.25, 0.3) is 5.89 Å². The number of aliphatic hydroxyl groups is 1. The summed E-state index contributed by atoms with van der Waals surface area (Å²) in [6, 6.07) is 5.81. The predicted octanol–water partition coefficient (Wildman–Crippen LogP) is 2.51. The van der Waals surface area contributed by atoms with Crippen LogP contribution in [-0.4, -0.2) is 15.2 Å². The van der Waals surface area contributed by atoms with E-state index in [0.29, 0.717) is 18.4 Å². The van der Waals surface area contributed by atoms with Crippen molar-refractivity contribution in [2.75, 3.05) is 0 Å². The molecule has 0 bridgehead atoms. The number of rotatable bonds is 4. The molecule has 0 saturated heterocycles. The minimum absolute atomic E-state index is 0.293. The second-order valence-corrected chi connectivity index (χ2v) is 5.52. The maximum absolute atomic E-state index is 9.77. The predicted molar refractivity (Wildman–Crippen MR) is 70.3 cm³/mol. The first-order valence-corrected chi connectivity index (χ1v) is 7.06. The second-order valence-electron chi connectivity index (χ2n) is 5.52. The summed E-state index contributed by atoms with van der Waals surface area (Å²) in [6.45, 7) is 0.293. The Kier molecular flexibility index (Phi) is 2.73. The lowest BCUT2D eigenvalue weighted by Gasteiger charge is -2.07. The van der Waals surface area contributed by atoms with Gasteiger partial charge in [-0.3, -0.25) is 0 Å². The molecule has 20 heavy (non-hydrogen) atoms. The molecule has 0 amide bonds. The number of aryl methyl sites for hydroxylation is 1. The van der Waals surface area contributed by atoms with Gasteiger partial charge in [0.05, 0.1) is 6.10 Å². The normalized spacial score (nSPS) is 20.9. The summed E-state index contributed by atoms with van der Waals surface area (Å²) in [6.07, 6.45) is 3.70. The molecule has 2 aromatic rings. The van der Waals surface area contributed by atoms with Crippen LogP contribution in [0.5, 0.6) is 5.75 Å². The van der Waals surface area contributed by atoms with Crippen molar-refractivity contribution in [1.82, 2.24) is 10.1 Å². The van der Waals surface area contributed by atoms with Crippen LogP contribution in [0.1, 0.15) is 54.1 Å². The van der Waals surface area contributed by atoms with Crippen molar-refractivity contribution in [1.29, 1.82) is 0 Å². The van der Waals surface area contributed by atoms with E-state index >= 15 is 0 Å². The van der Waals surface area contributed by atoms with Gasteiger partial charge in [-0.2, -0.15) is 4.98 Å². The molecule has 1 heterocycles. The third-order valence-corrected chi connectivity index (χ3v) is 3.95. The zero-order chi connectivity index (χ0) is 13.5. The number of aliphatic hydroxyl groups excluding tert-OH is 1. The fourth-order valence-electron chi connectivity index (χ4n) is 2.64. The van der Waals surface area contributed by atoms with Crippen molar-refractivity contribution < 1.29 is 14.4 Å². The van der Waals surface area contributed by atoms with E-state index in [1.807, 2.05) is 18.2 Å². The third-order valence-electron chi connectivity index (χ3n) is 3.95. The molecule has 1 atom stereocenters. The zero-order valence-corrected chi connectivity index (χ0v) is 11.1. The second kappa shape index (κ2) is 4.59. The van der Waals surface area contributed by atoms with Gasteiger partial charge in [-0.15, -0.1) is 0 Å². The first-order chi connectivity index (χ1) is 9.79. The molecule has 1 aromatic carbocycles. The zero-order valence-electron chi connectivity index (χ0n) is 11.1. The lowest BCUT2D eigenvalue weighted by atomic mass is 10.1. The van der Waals surface area contributed by atoms with Gasteiger partial charge in [0, 0.05) is 5.92 Å². The molecule has 4 rings (SSSR count). The van der Waals surface area contributed by atoms with E-state index in [4.69, 9.17) is 9.26 Å². The Bertz CT molecular complexity index is 634. The lowest BCUT2D eigenvalue weighted by molar-refractivity contribution is 0.180. The fourth-order valence-corrected chi connectivity index (χ4v) is 2.64. The number of hydrogen-bond acceptors (Lipinski definition) is 5. The summed E-state index contributed by atoms with van der Waals surface area (Å²) >= 11 is 0. The third kappa shape index (κ3) is 2.18. The van der Waals surface area contributed by atoms with Crippen LogP contribution in [-0.2, 0) is 13.0 Å². The molecule has 1 N–H and O–H groups in total. The number of ether oxygens (including phenoxy) is 1. The first-order valence-electron chi connectivity index (χ1n) is 7.06. The van der Waals surface area contributed by atoms with Crippen molar-refractivity contribution in [2.24, 2.45) is 0 Å². The van der Waals surface area contributed by atoms with Crippen LogP contribution in [0.2, 0.25) is 0 Å². The summed E-state index contributed by atoms with van der Waals surface area (Å²) < 4.78 is 10.9. The Balaban J connectivity index is 1.43. The van der Waals surface area contributed by atoms with E-state index in [0.717, 1.165) is 42.8 Å². The van der Waals surface area contributed by atoms with E-state index in [9.17, 15) is 5.11 Å². The molecule has 2 aliphatic rings. The van der Waals surface area contributed by atoms with Crippen LogP contribution in [0, 0.1) is 0 Å². The molecular formula is C15H16N2O3. The Morgan fingerprint density at radius 3 is 3.05 bits per heavy atom. The van der Waals surface area contributed by atoms with Gasteiger partial charge in [-0.1, -0.05) is 11.2 Å². The highest BCUT2D eigenvalue weighted by atomic mass is 16.5.